The van der Waals surface area contributed by atoms with Gasteiger partial charge in [0.05, 0.1) is 24.8 Å². The van der Waals surface area contributed by atoms with Crippen molar-refractivity contribution < 1.29 is 27.5 Å². The summed E-state index contributed by atoms with van der Waals surface area (Å²) in [6.07, 6.45) is 1.65. The zero-order chi connectivity index (χ0) is 30.9. The molecule has 42 heavy (non-hydrogen) atoms. The Kier molecular flexibility index (Phi) is 11.9. The molecule has 0 bridgehead atoms. The number of nitrogens with one attached hydrogen (secondary N) is 1. The number of anilines is 1. The SMILES string of the molecule is CCCCNC(=O)[C@@H](C)N(Cc1c(Cl)cccc1Cl)C(=O)CN(c1ccccc1OC)S(=O)(=O)c1ccc(OC)cc1. The summed E-state index contributed by atoms with van der Waals surface area (Å²) in [6, 6.07) is 16.3. The van der Waals surface area contributed by atoms with Crippen molar-refractivity contribution in [1.82, 2.24) is 10.2 Å². The number of benzene rings is 3. The van der Waals surface area contributed by atoms with E-state index >= 15 is 0 Å². The largest absolute Gasteiger partial charge is 0.497 e. The fraction of sp³-hybridized carbons (Fsp3) is 0.333. The number of carbonyl (C=O) groups excluding carboxylic acids is 2. The number of rotatable bonds is 14. The van der Waals surface area contributed by atoms with Gasteiger partial charge in [0.15, 0.2) is 0 Å². The van der Waals surface area contributed by atoms with E-state index in [-0.39, 0.29) is 28.8 Å². The van der Waals surface area contributed by atoms with Crippen molar-refractivity contribution in [3.05, 3.63) is 82.3 Å². The highest BCUT2D eigenvalue weighted by Gasteiger charge is 2.34. The number of ether oxygens (including phenoxy) is 2. The first kappa shape index (κ1) is 33.0. The minimum absolute atomic E-state index is 0.0620. The van der Waals surface area contributed by atoms with Gasteiger partial charge >= 0.3 is 0 Å². The number of methoxy groups -OCH3 is 2. The minimum atomic E-state index is -4.30. The van der Waals surface area contributed by atoms with Gasteiger partial charge in [-0.2, -0.15) is 0 Å². The molecule has 0 saturated carbocycles. The van der Waals surface area contributed by atoms with E-state index < -0.39 is 28.5 Å². The number of nitrogens with zero attached hydrogens (tertiary/aromatic N) is 2. The third-order valence-electron chi connectivity index (χ3n) is 6.67. The second-order valence-electron chi connectivity index (χ2n) is 9.40. The van der Waals surface area contributed by atoms with Crippen LogP contribution in [0.1, 0.15) is 32.3 Å². The van der Waals surface area contributed by atoms with Gasteiger partial charge in [-0.05, 0) is 61.9 Å². The van der Waals surface area contributed by atoms with Crippen LogP contribution in [0.4, 0.5) is 5.69 Å². The highest BCUT2D eigenvalue weighted by Crippen LogP contribution is 2.33. The van der Waals surface area contributed by atoms with Gasteiger partial charge in [0.1, 0.15) is 24.1 Å². The van der Waals surface area contributed by atoms with E-state index in [4.69, 9.17) is 32.7 Å². The molecular formula is C30H35Cl2N3O6S. The monoisotopic (exact) mass is 635 g/mol. The van der Waals surface area contributed by atoms with Crippen molar-refractivity contribution in [2.24, 2.45) is 0 Å². The number of hydrogen-bond acceptors (Lipinski definition) is 6. The van der Waals surface area contributed by atoms with Crippen LogP contribution in [-0.4, -0.2) is 58.5 Å². The zero-order valence-electron chi connectivity index (χ0n) is 24.0. The van der Waals surface area contributed by atoms with E-state index in [0.29, 0.717) is 27.9 Å². The molecule has 0 unspecified atom stereocenters. The lowest BCUT2D eigenvalue weighted by molar-refractivity contribution is -0.139. The predicted octanol–water partition coefficient (Wildman–Crippen LogP) is 5.54. The Balaban J connectivity index is 2.08. The Bertz CT molecular complexity index is 1460. The first-order valence-electron chi connectivity index (χ1n) is 13.3. The second-order valence-corrected chi connectivity index (χ2v) is 12.1. The summed E-state index contributed by atoms with van der Waals surface area (Å²) in [5.41, 5.74) is 0.587. The van der Waals surface area contributed by atoms with Crippen molar-refractivity contribution in [2.75, 3.05) is 31.6 Å². The summed E-state index contributed by atoms with van der Waals surface area (Å²) >= 11 is 12.9. The summed E-state index contributed by atoms with van der Waals surface area (Å²) in [4.78, 5) is 28.4. The molecule has 3 aromatic carbocycles. The van der Waals surface area contributed by atoms with Crippen LogP contribution in [0.3, 0.4) is 0 Å². The predicted molar refractivity (Wildman–Crippen MR) is 165 cm³/mol. The summed E-state index contributed by atoms with van der Waals surface area (Å²) in [7, 11) is -1.41. The summed E-state index contributed by atoms with van der Waals surface area (Å²) in [5.74, 6) is -0.318. The Hall–Kier alpha value is -3.47. The highest BCUT2D eigenvalue weighted by molar-refractivity contribution is 7.92. The van der Waals surface area contributed by atoms with Gasteiger partial charge in [-0.25, -0.2) is 8.42 Å². The second kappa shape index (κ2) is 15.1. The molecule has 1 N–H and O–H groups in total. The summed E-state index contributed by atoms with van der Waals surface area (Å²) < 4.78 is 39.7. The van der Waals surface area contributed by atoms with Crippen LogP contribution in [0.25, 0.3) is 0 Å². The number of halogens is 2. The molecule has 0 spiro atoms. The molecule has 2 amide bonds. The molecule has 0 aromatic heterocycles. The highest BCUT2D eigenvalue weighted by atomic mass is 35.5. The number of carbonyl (C=O) groups is 2. The van der Waals surface area contributed by atoms with Gasteiger partial charge in [-0.1, -0.05) is 54.7 Å². The molecule has 1 atom stereocenters. The molecule has 0 aliphatic carbocycles. The topological polar surface area (TPSA) is 105 Å². The van der Waals surface area contributed by atoms with Crippen molar-refractivity contribution >= 4 is 50.7 Å². The average molecular weight is 637 g/mol. The van der Waals surface area contributed by atoms with Gasteiger partial charge in [-0.3, -0.25) is 13.9 Å². The average Bonchev–Trinajstić information content (AvgIpc) is 2.99. The van der Waals surface area contributed by atoms with Crippen molar-refractivity contribution in [2.45, 2.75) is 44.2 Å². The van der Waals surface area contributed by atoms with Crippen molar-refractivity contribution in [3.63, 3.8) is 0 Å². The van der Waals surface area contributed by atoms with Gasteiger partial charge in [0.2, 0.25) is 11.8 Å². The first-order chi connectivity index (χ1) is 20.0. The standard InChI is InChI=1S/C30H35Cl2N3O6S/c1-5-6-18-33-30(37)21(2)34(19-24-25(31)10-9-11-26(24)32)29(36)20-35(27-12-7-8-13-28(27)41-4)42(38,39)23-16-14-22(40-3)15-17-23/h7-17,21H,5-6,18-20H2,1-4H3,(H,33,37)/t21-/m1/s1. The van der Waals surface area contributed by atoms with Crippen LogP contribution in [0, 0.1) is 0 Å². The molecule has 0 aliphatic heterocycles. The number of para-hydroxylation sites is 2. The van der Waals surface area contributed by atoms with Crippen molar-refractivity contribution in [3.8, 4) is 11.5 Å². The van der Waals surface area contributed by atoms with Crippen LogP contribution in [0.2, 0.25) is 10.0 Å². The van der Waals surface area contributed by atoms with Crippen LogP contribution < -0.4 is 19.1 Å². The van der Waals surface area contributed by atoms with Crippen molar-refractivity contribution in [1.29, 1.82) is 0 Å². The Morgan fingerprint density at radius 2 is 1.57 bits per heavy atom. The number of amides is 2. The molecule has 9 nitrogen and oxygen atoms in total. The number of sulfonamides is 1. The smallest absolute Gasteiger partial charge is 0.264 e. The van der Waals surface area contributed by atoms with E-state index in [1.54, 1.807) is 49.4 Å². The first-order valence-corrected chi connectivity index (χ1v) is 15.5. The zero-order valence-corrected chi connectivity index (χ0v) is 26.3. The maximum Gasteiger partial charge on any atom is 0.264 e. The third-order valence-corrected chi connectivity index (χ3v) is 9.15. The van der Waals surface area contributed by atoms with Crippen LogP contribution >= 0.6 is 23.2 Å². The van der Waals surface area contributed by atoms with Gasteiger partial charge < -0.3 is 19.7 Å². The van der Waals surface area contributed by atoms with Crippen LogP contribution in [-0.2, 0) is 26.2 Å². The van der Waals surface area contributed by atoms with E-state index in [2.05, 4.69) is 5.32 Å². The molecular weight excluding hydrogens is 601 g/mol. The van der Waals surface area contributed by atoms with E-state index in [9.17, 15) is 18.0 Å². The lowest BCUT2D eigenvalue weighted by atomic mass is 10.1. The maximum atomic E-state index is 14.1. The van der Waals surface area contributed by atoms with Crippen LogP contribution in [0.15, 0.2) is 71.6 Å². The molecule has 0 radical (unpaired) electrons. The molecule has 3 aromatic rings. The van der Waals surface area contributed by atoms with Gasteiger partial charge in [-0.15, -0.1) is 0 Å². The minimum Gasteiger partial charge on any atom is -0.497 e. The molecule has 3 rings (SSSR count). The summed E-state index contributed by atoms with van der Waals surface area (Å²) in [6.45, 7) is 3.26. The Morgan fingerprint density at radius 3 is 2.17 bits per heavy atom. The number of hydrogen-bond donors (Lipinski definition) is 1. The molecule has 0 aliphatic rings. The van der Waals surface area contributed by atoms with Gasteiger partial charge in [0, 0.05) is 28.7 Å². The lowest BCUT2D eigenvalue weighted by Crippen LogP contribution is -2.51. The summed E-state index contributed by atoms with van der Waals surface area (Å²) in [5, 5.41) is 3.46. The quantitative estimate of drug-likeness (QED) is 0.233. The Morgan fingerprint density at radius 1 is 0.929 bits per heavy atom. The van der Waals surface area contributed by atoms with E-state index in [0.717, 1.165) is 17.1 Å². The molecule has 0 saturated heterocycles. The lowest BCUT2D eigenvalue weighted by Gasteiger charge is -2.32. The molecule has 226 valence electrons. The number of unbranched alkanes of at least 4 members (excludes halogenated alkanes) is 1. The molecule has 12 heteroatoms. The van der Waals surface area contributed by atoms with E-state index in [1.807, 2.05) is 6.92 Å². The fourth-order valence-electron chi connectivity index (χ4n) is 4.20. The van der Waals surface area contributed by atoms with E-state index in [1.165, 1.54) is 43.4 Å². The molecule has 0 fully saturated rings. The van der Waals surface area contributed by atoms with Crippen LogP contribution in [0.5, 0.6) is 11.5 Å². The third kappa shape index (κ3) is 7.87. The Labute approximate surface area is 257 Å². The fourth-order valence-corrected chi connectivity index (χ4v) is 6.14. The normalized spacial score (nSPS) is 11.9. The maximum absolute atomic E-state index is 14.1. The van der Waals surface area contributed by atoms with Gasteiger partial charge in [0.25, 0.3) is 10.0 Å². The molecule has 0 heterocycles.